The number of hydrogen-bond acceptors (Lipinski definition) is 5. The number of nitro groups is 1. The number of fused-ring (bicyclic) bond motifs is 1. The van der Waals surface area contributed by atoms with Gasteiger partial charge in [-0.15, -0.1) is 0 Å². The molecule has 0 spiro atoms. The Morgan fingerprint density at radius 3 is 2.95 bits per heavy atom. The molecule has 0 saturated heterocycles. The minimum Gasteiger partial charge on any atom is -0.395 e. The molecule has 7 nitrogen and oxygen atoms in total. The van der Waals surface area contributed by atoms with Crippen molar-refractivity contribution in [2.45, 2.75) is 13.0 Å². The number of nitrogens with one attached hydrogen (secondary N) is 2. The number of furan rings is 1. The van der Waals surface area contributed by atoms with Crippen LogP contribution >= 0.6 is 0 Å². The lowest BCUT2D eigenvalue weighted by atomic mass is 9.99. The predicted molar refractivity (Wildman–Crippen MR) is 75.2 cm³/mol. The van der Waals surface area contributed by atoms with E-state index in [4.69, 9.17) is 4.42 Å². The van der Waals surface area contributed by atoms with E-state index in [9.17, 15) is 14.9 Å². The van der Waals surface area contributed by atoms with Gasteiger partial charge < -0.3 is 15.1 Å². The van der Waals surface area contributed by atoms with Crippen LogP contribution in [-0.2, 0) is 13.0 Å². The first-order chi connectivity index (χ1) is 10.1. The van der Waals surface area contributed by atoms with Gasteiger partial charge in [0.2, 0.25) is 0 Å². The molecule has 3 rings (SSSR count). The maximum absolute atomic E-state index is 12.1. The van der Waals surface area contributed by atoms with Gasteiger partial charge in [0.1, 0.15) is 4.92 Å². The van der Waals surface area contributed by atoms with Gasteiger partial charge >= 0.3 is 5.88 Å². The van der Waals surface area contributed by atoms with Crippen molar-refractivity contribution in [2.24, 2.45) is 0 Å². The molecule has 1 aromatic carbocycles. The first-order valence-electron chi connectivity index (χ1n) is 6.52. The Morgan fingerprint density at radius 2 is 2.19 bits per heavy atom. The molecule has 1 aliphatic heterocycles. The van der Waals surface area contributed by atoms with E-state index < -0.39 is 16.7 Å². The summed E-state index contributed by atoms with van der Waals surface area (Å²) in [4.78, 5) is 22.0. The van der Waals surface area contributed by atoms with Gasteiger partial charge in [-0.3, -0.25) is 14.9 Å². The summed E-state index contributed by atoms with van der Waals surface area (Å²) in [5, 5.41) is 16.6. The molecule has 0 fully saturated rings. The molecular formula is C14H13N3O4. The molecule has 1 amide bonds. The zero-order valence-electron chi connectivity index (χ0n) is 11.1. The fourth-order valence-electron chi connectivity index (χ4n) is 2.36. The second-order valence-corrected chi connectivity index (χ2v) is 4.72. The summed E-state index contributed by atoms with van der Waals surface area (Å²) in [5.41, 5.74) is 2.93. The molecule has 1 aliphatic rings. The van der Waals surface area contributed by atoms with E-state index in [1.807, 2.05) is 12.1 Å². The zero-order valence-corrected chi connectivity index (χ0v) is 11.1. The number of amides is 1. The lowest BCUT2D eigenvalue weighted by molar-refractivity contribution is -0.402. The second kappa shape index (κ2) is 5.37. The average Bonchev–Trinajstić information content (AvgIpc) is 2.98. The molecule has 0 saturated carbocycles. The lowest BCUT2D eigenvalue weighted by Crippen LogP contribution is -2.25. The van der Waals surface area contributed by atoms with Crippen molar-refractivity contribution in [1.82, 2.24) is 5.32 Å². The van der Waals surface area contributed by atoms with Gasteiger partial charge in [0, 0.05) is 12.2 Å². The molecule has 2 N–H and O–H groups in total. The van der Waals surface area contributed by atoms with Gasteiger partial charge in [0.25, 0.3) is 5.91 Å². The van der Waals surface area contributed by atoms with E-state index in [0.29, 0.717) is 12.2 Å². The Morgan fingerprint density at radius 1 is 1.33 bits per heavy atom. The monoisotopic (exact) mass is 287 g/mol. The third-order valence-corrected chi connectivity index (χ3v) is 3.39. The van der Waals surface area contributed by atoms with Crippen molar-refractivity contribution in [3.8, 4) is 0 Å². The smallest absolute Gasteiger partial charge is 0.395 e. The Bertz CT molecular complexity index is 708. The van der Waals surface area contributed by atoms with E-state index in [-0.39, 0.29) is 5.76 Å². The Balaban J connectivity index is 1.83. The van der Waals surface area contributed by atoms with Gasteiger partial charge in [0.05, 0.1) is 6.07 Å². The van der Waals surface area contributed by atoms with Crippen molar-refractivity contribution < 1.29 is 14.1 Å². The van der Waals surface area contributed by atoms with Crippen LogP contribution in [0.3, 0.4) is 0 Å². The van der Waals surface area contributed by atoms with Crippen molar-refractivity contribution in [2.75, 3.05) is 11.9 Å². The van der Waals surface area contributed by atoms with Gasteiger partial charge in [0.15, 0.2) is 5.76 Å². The van der Waals surface area contributed by atoms with Gasteiger partial charge in [-0.25, -0.2) is 0 Å². The normalized spacial score (nSPS) is 13.5. The van der Waals surface area contributed by atoms with Crippen LogP contribution in [0.5, 0.6) is 0 Å². The average molecular weight is 287 g/mol. The molecule has 21 heavy (non-hydrogen) atoms. The fourth-order valence-corrected chi connectivity index (χ4v) is 2.36. The van der Waals surface area contributed by atoms with Crippen LogP contribution in [0.4, 0.5) is 11.6 Å². The third kappa shape index (κ3) is 2.63. The maximum atomic E-state index is 12.1. The first kappa shape index (κ1) is 13.3. The van der Waals surface area contributed by atoms with E-state index in [1.165, 1.54) is 11.6 Å². The summed E-state index contributed by atoms with van der Waals surface area (Å²) >= 11 is 0. The number of anilines is 1. The molecule has 2 heterocycles. The molecule has 1 aromatic heterocycles. The van der Waals surface area contributed by atoms with E-state index in [2.05, 4.69) is 10.6 Å². The van der Waals surface area contributed by atoms with Gasteiger partial charge in [-0.2, -0.15) is 0 Å². The van der Waals surface area contributed by atoms with Crippen molar-refractivity contribution in [3.05, 3.63) is 57.3 Å². The summed E-state index contributed by atoms with van der Waals surface area (Å²) in [5.74, 6) is -1.03. The van der Waals surface area contributed by atoms with Crippen molar-refractivity contribution >= 4 is 17.5 Å². The lowest BCUT2D eigenvalue weighted by Gasteiger charge is -2.20. The fraction of sp³-hybridized carbons (Fsp3) is 0.214. The topological polar surface area (TPSA) is 97.4 Å². The standard InChI is InChI=1S/C14H13N3O4/c18-14(12-4-5-13(21-12)17(19)20)16-11-3-1-2-9-6-7-15-8-10(9)11/h1-5,15H,6-8H2,(H,16,18). The molecule has 0 aliphatic carbocycles. The summed E-state index contributed by atoms with van der Waals surface area (Å²) in [6, 6.07) is 8.17. The molecule has 108 valence electrons. The van der Waals surface area contributed by atoms with E-state index >= 15 is 0 Å². The van der Waals surface area contributed by atoms with Crippen molar-refractivity contribution in [1.29, 1.82) is 0 Å². The third-order valence-electron chi connectivity index (χ3n) is 3.39. The van der Waals surface area contributed by atoms with Crippen LogP contribution in [0.2, 0.25) is 0 Å². The summed E-state index contributed by atoms with van der Waals surface area (Å²) in [7, 11) is 0. The van der Waals surface area contributed by atoms with Crippen LogP contribution in [0.1, 0.15) is 21.7 Å². The first-order valence-corrected chi connectivity index (χ1v) is 6.52. The summed E-state index contributed by atoms with van der Waals surface area (Å²) in [6.07, 6.45) is 0.908. The predicted octanol–water partition coefficient (Wildman–Crippen LogP) is 2.09. The number of benzene rings is 1. The number of rotatable bonds is 3. The van der Waals surface area contributed by atoms with E-state index in [0.717, 1.165) is 24.6 Å². The quantitative estimate of drug-likeness (QED) is 0.665. The largest absolute Gasteiger partial charge is 0.433 e. The number of nitrogens with zero attached hydrogens (tertiary/aromatic N) is 1. The Hall–Kier alpha value is -2.67. The summed E-state index contributed by atoms with van der Waals surface area (Å²) < 4.78 is 4.90. The molecule has 0 unspecified atom stereocenters. The van der Waals surface area contributed by atoms with Crippen LogP contribution in [0, 0.1) is 10.1 Å². The minimum absolute atomic E-state index is 0.0805. The van der Waals surface area contributed by atoms with Crippen LogP contribution in [-0.4, -0.2) is 17.4 Å². The molecule has 0 radical (unpaired) electrons. The minimum atomic E-state index is -0.676. The van der Waals surface area contributed by atoms with Crippen LogP contribution in [0.15, 0.2) is 34.7 Å². The number of carbonyl (C=O) groups excluding carboxylic acids is 1. The second-order valence-electron chi connectivity index (χ2n) is 4.72. The highest BCUT2D eigenvalue weighted by atomic mass is 16.6. The molecule has 7 heteroatoms. The van der Waals surface area contributed by atoms with Crippen LogP contribution < -0.4 is 10.6 Å². The molecule has 0 atom stereocenters. The van der Waals surface area contributed by atoms with Gasteiger partial charge in [-0.05, 0) is 36.2 Å². The maximum Gasteiger partial charge on any atom is 0.433 e. The highest BCUT2D eigenvalue weighted by molar-refractivity contribution is 6.02. The highest BCUT2D eigenvalue weighted by Crippen LogP contribution is 2.24. The molecule has 2 aromatic rings. The number of hydrogen-bond donors (Lipinski definition) is 2. The Kier molecular flexibility index (Phi) is 3.41. The molecular weight excluding hydrogens is 274 g/mol. The van der Waals surface area contributed by atoms with Crippen molar-refractivity contribution in [3.63, 3.8) is 0 Å². The summed E-state index contributed by atoms with van der Waals surface area (Å²) in [6.45, 7) is 1.60. The molecule has 0 bridgehead atoms. The van der Waals surface area contributed by atoms with Gasteiger partial charge in [-0.1, -0.05) is 12.1 Å². The van der Waals surface area contributed by atoms with Crippen LogP contribution in [0.25, 0.3) is 0 Å². The SMILES string of the molecule is O=C(Nc1cccc2c1CNCC2)c1ccc([N+](=O)[O-])o1. The zero-order chi connectivity index (χ0) is 14.8. The highest BCUT2D eigenvalue weighted by Gasteiger charge is 2.19. The Labute approximate surface area is 120 Å². The number of carbonyl (C=O) groups is 1. The van der Waals surface area contributed by atoms with E-state index in [1.54, 1.807) is 6.07 Å².